The van der Waals surface area contributed by atoms with Gasteiger partial charge in [-0.25, -0.2) is 4.98 Å². The van der Waals surface area contributed by atoms with Crippen molar-refractivity contribution >= 4 is 50.1 Å². The Balaban J connectivity index is 1.34. The third-order valence-corrected chi connectivity index (χ3v) is 7.48. The van der Waals surface area contributed by atoms with Gasteiger partial charge in [0.2, 0.25) is 5.89 Å². The molecular weight excluding hydrogens is 504 g/mol. The minimum Gasteiger partial charge on any atom is -0.456 e. The Bertz CT molecular complexity index is 2090. The van der Waals surface area contributed by atoms with Crippen molar-refractivity contribution in [3.05, 3.63) is 146 Å². The first-order valence-electron chi connectivity index (χ1n) is 13.6. The number of aromatic nitrogens is 1. The number of hydrogen-bond acceptors (Lipinski definition) is 4. The monoisotopic (exact) mass is 528 g/mol. The summed E-state index contributed by atoms with van der Waals surface area (Å²) in [6.07, 6.45) is 0. The fourth-order valence-corrected chi connectivity index (χ4v) is 5.63. The molecule has 0 aliphatic heterocycles. The maximum Gasteiger partial charge on any atom is 0.227 e. The lowest BCUT2D eigenvalue weighted by Gasteiger charge is -2.25. The van der Waals surface area contributed by atoms with Crippen LogP contribution in [0.2, 0.25) is 0 Å². The molecule has 41 heavy (non-hydrogen) atoms. The van der Waals surface area contributed by atoms with Gasteiger partial charge in [-0.3, -0.25) is 0 Å². The number of hydrogen-bond donors (Lipinski definition) is 0. The van der Waals surface area contributed by atoms with E-state index in [-0.39, 0.29) is 0 Å². The molecule has 2 aromatic heterocycles. The average molecular weight is 529 g/mol. The first-order valence-corrected chi connectivity index (χ1v) is 13.6. The van der Waals surface area contributed by atoms with E-state index in [2.05, 4.69) is 83.8 Å². The summed E-state index contributed by atoms with van der Waals surface area (Å²) in [7, 11) is 0. The van der Waals surface area contributed by atoms with Crippen molar-refractivity contribution < 1.29 is 8.83 Å². The summed E-state index contributed by atoms with van der Waals surface area (Å²) >= 11 is 0. The van der Waals surface area contributed by atoms with Crippen LogP contribution in [0.3, 0.4) is 0 Å². The minimum absolute atomic E-state index is 0.592. The van der Waals surface area contributed by atoms with Gasteiger partial charge in [0.15, 0.2) is 5.58 Å². The van der Waals surface area contributed by atoms with Gasteiger partial charge < -0.3 is 13.7 Å². The first kappa shape index (κ1) is 23.3. The van der Waals surface area contributed by atoms with Crippen molar-refractivity contribution in [2.24, 2.45) is 0 Å². The van der Waals surface area contributed by atoms with Crippen LogP contribution in [0.15, 0.2) is 154 Å². The Morgan fingerprint density at radius 3 is 1.76 bits per heavy atom. The summed E-state index contributed by atoms with van der Waals surface area (Å²) < 4.78 is 12.8. The van der Waals surface area contributed by atoms with Gasteiger partial charge in [-0.1, -0.05) is 84.9 Å². The van der Waals surface area contributed by atoms with Gasteiger partial charge in [0, 0.05) is 45.0 Å². The van der Waals surface area contributed by atoms with Crippen LogP contribution in [0.1, 0.15) is 0 Å². The number of nitrogens with zero attached hydrogens (tertiary/aromatic N) is 2. The molecule has 0 saturated carbocycles. The summed E-state index contributed by atoms with van der Waals surface area (Å²) in [4.78, 5) is 7.14. The third kappa shape index (κ3) is 3.97. The van der Waals surface area contributed by atoms with Crippen LogP contribution in [0.4, 0.5) is 17.1 Å². The molecular formula is C37H24N2O2. The molecule has 0 aliphatic carbocycles. The van der Waals surface area contributed by atoms with E-state index < -0.39 is 0 Å². The van der Waals surface area contributed by atoms with Crippen LogP contribution in [0, 0.1) is 0 Å². The van der Waals surface area contributed by atoms with E-state index in [0.717, 1.165) is 66.8 Å². The van der Waals surface area contributed by atoms with E-state index in [1.165, 1.54) is 0 Å². The molecule has 0 bridgehead atoms. The summed E-state index contributed by atoms with van der Waals surface area (Å²) in [6.45, 7) is 0. The number of benzene rings is 6. The molecule has 0 atom stereocenters. The Morgan fingerprint density at radius 2 is 1.07 bits per heavy atom. The molecule has 4 nitrogen and oxygen atoms in total. The van der Waals surface area contributed by atoms with Crippen molar-refractivity contribution in [1.29, 1.82) is 0 Å². The zero-order valence-corrected chi connectivity index (χ0v) is 22.1. The Hall–Kier alpha value is -5.61. The Kier molecular flexibility index (Phi) is 5.42. The first-order chi connectivity index (χ1) is 20.3. The van der Waals surface area contributed by atoms with Crippen molar-refractivity contribution in [1.82, 2.24) is 4.98 Å². The topological polar surface area (TPSA) is 42.4 Å². The predicted octanol–water partition coefficient (Wildman–Crippen LogP) is 10.5. The smallest absolute Gasteiger partial charge is 0.227 e. The van der Waals surface area contributed by atoms with Crippen LogP contribution in [-0.2, 0) is 0 Å². The number of rotatable bonds is 5. The maximum atomic E-state index is 6.52. The molecule has 6 aromatic carbocycles. The lowest BCUT2D eigenvalue weighted by atomic mass is 9.98. The highest BCUT2D eigenvalue weighted by molar-refractivity contribution is 6.19. The van der Waals surface area contributed by atoms with Gasteiger partial charge in [-0.2, -0.15) is 0 Å². The van der Waals surface area contributed by atoms with Crippen LogP contribution >= 0.6 is 0 Å². The number of furan rings is 1. The van der Waals surface area contributed by atoms with Crippen LogP contribution in [0.25, 0.3) is 55.6 Å². The molecule has 4 heteroatoms. The third-order valence-electron chi connectivity index (χ3n) is 7.48. The quantitative estimate of drug-likeness (QED) is 0.223. The number of para-hydroxylation sites is 3. The SMILES string of the molecule is c1ccc(-c2nc3cc4oc5ccccc5c4c(-c4ccc(N(c5ccccc5)c5ccccc5)cc4)c3o2)cc1. The van der Waals surface area contributed by atoms with Gasteiger partial charge in [0.05, 0.1) is 0 Å². The van der Waals surface area contributed by atoms with Crippen molar-refractivity contribution in [3.63, 3.8) is 0 Å². The van der Waals surface area contributed by atoms with Crippen LogP contribution in [0.5, 0.6) is 0 Å². The molecule has 8 aromatic rings. The minimum atomic E-state index is 0.592. The van der Waals surface area contributed by atoms with Gasteiger partial charge in [-0.05, 0) is 60.2 Å². The molecule has 0 aliphatic rings. The van der Waals surface area contributed by atoms with Gasteiger partial charge >= 0.3 is 0 Å². The second-order valence-corrected chi connectivity index (χ2v) is 10.0. The fraction of sp³-hybridized carbons (Fsp3) is 0. The summed E-state index contributed by atoms with van der Waals surface area (Å²) in [5.74, 6) is 0.592. The number of anilines is 3. The molecule has 0 radical (unpaired) electrons. The fourth-order valence-electron chi connectivity index (χ4n) is 5.63. The van der Waals surface area contributed by atoms with Crippen molar-refractivity contribution in [2.45, 2.75) is 0 Å². The van der Waals surface area contributed by atoms with Crippen LogP contribution < -0.4 is 4.90 Å². The predicted molar refractivity (Wildman–Crippen MR) is 167 cm³/mol. The van der Waals surface area contributed by atoms with Crippen LogP contribution in [-0.4, -0.2) is 4.98 Å². The highest BCUT2D eigenvalue weighted by atomic mass is 16.4. The Morgan fingerprint density at radius 1 is 0.488 bits per heavy atom. The lowest BCUT2D eigenvalue weighted by molar-refractivity contribution is 0.621. The van der Waals surface area contributed by atoms with Crippen molar-refractivity contribution in [3.8, 4) is 22.6 Å². The highest BCUT2D eigenvalue weighted by Crippen LogP contribution is 2.44. The van der Waals surface area contributed by atoms with Crippen molar-refractivity contribution in [2.75, 3.05) is 4.90 Å². The molecule has 2 heterocycles. The second kappa shape index (κ2) is 9.54. The summed E-state index contributed by atoms with van der Waals surface area (Å²) in [6, 6.07) is 49.6. The molecule has 194 valence electrons. The van der Waals surface area contributed by atoms with Gasteiger partial charge in [0.1, 0.15) is 16.7 Å². The highest BCUT2D eigenvalue weighted by Gasteiger charge is 2.22. The largest absolute Gasteiger partial charge is 0.456 e. The zero-order valence-electron chi connectivity index (χ0n) is 22.1. The van der Waals surface area contributed by atoms with E-state index >= 15 is 0 Å². The molecule has 0 saturated heterocycles. The molecule has 0 unspecified atom stereocenters. The Labute approximate surface area is 236 Å². The van der Waals surface area contributed by atoms with E-state index in [4.69, 9.17) is 13.8 Å². The van der Waals surface area contributed by atoms with E-state index in [1.54, 1.807) is 0 Å². The molecule has 0 amide bonds. The number of fused-ring (bicyclic) bond motifs is 4. The number of oxazole rings is 1. The summed E-state index contributed by atoms with van der Waals surface area (Å²) in [5, 5.41) is 2.08. The zero-order chi connectivity index (χ0) is 27.2. The molecule has 8 rings (SSSR count). The lowest BCUT2D eigenvalue weighted by Crippen LogP contribution is -2.09. The standard InChI is InChI=1S/C37H24N2O2/c1-4-12-26(13-5-1)37-38-31-24-33-35(30-18-10-11-19-32(30)40-33)34(36(31)41-37)25-20-22-29(23-21-25)39(27-14-6-2-7-15-27)28-16-8-3-9-17-28/h1-24H. The van der Waals surface area contributed by atoms with Gasteiger partial charge in [0.25, 0.3) is 0 Å². The second-order valence-electron chi connectivity index (χ2n) is 10.0. The van der Waals surface area contributed by atoms with E-state index in [9.17, 15) is 0 Å². The normalized spacial score (nSPS) is 11.4. The molecule has 0 fully saturated rings. The van der Waals surface area contributed by atoms with Gasteiger partial charge in [-0.15, -0.1) is 0 Å². The summed E-state index contributed by atoms with van der Waals surface area (Å²) in [5.41, 5.74) is 9.36. The van der Waals surface area contributed by atoms with E-state index in [0.29, 0.717) is 5.89 Å². The average Bonchev–Trinajstić information content (AvgIpc) is 3.63. The molecule has 0 N–H and O–H groups in total. The van der Waals surface area contributed by atoms with E-state index in [1.807, 2.05) is 66.7 Å². The molecule has 0 spiro atoms. The maximum absolute atomic E-state index is 6.52.